The lowest BCUT2D eigenvalue weighted by atomic mass is 10.0. The minimum absolute atomic E-state index is 0.791. The Labute approximate surface area is 108 Å². The summed E-state index contributed by atoms with van der Waals surface area (Å²) < 4.78 is 2.48. The molecule has 3 rings (SSSR count). The number of aromatic nitrogens is 1. The molecule has 2 N–H and O–H groups in total. The first-order valence-corrected chi connectivity index (χ1v) is 6.87. The van der Waals surface area contributed by atoms with E-state index in [0.717, 1.165) is 32.4 Å². The van der Waals surface area contributed by atoms with E-state index in [-0.39, 0.29) is 0 Å². The van der Waals surface area contributed by atoms with Crippen LogP contribution in [0.4, 0.5) is 0 Å². The summed E-state index contributed by atoms with van der Waals surface area (Å²) in [7, 11) is 0. The van der Waals surface area contributed by atoms with Crippen LogP contribution in [0.2, 0.25) is 0 Å². The van der Waals surface area contributed by atoms with Crippen LogP contribution in [-0.2, 0) is 13.0 Å². The highest BCUT2D eigenvalue weighted by molar-refractivity contribution is 5.63. The lowest BCUT2D eigenvalue weighted by molar-refractivity contribution is 0.594. The van der Waals surface area contributed by atoms with Gasteiger partial charge in [-0.2, -0.15) is 0 Å². The van der Waals surface area contributed by atoms with Crippen LogP contribution in [0.3, 0.4) is 0 Å². The molecule has 1 aromatic heterocycles. The lowest BCUT2D eigenvalue weighted by Crippen LogP contribution is -2.29. The first kappa shape index (κ1) is 11.5. The predicted octanol–water partition coefficient (Wildman–Crippen LogP) is 1.32. The third kappa shape index (κ3) is 1.87. The molecule has 0 saturated carbocycles. The molecule has 2 aliphatic rings. The van der Waals surface area contributed by atoms with Crippen LogP contribution in [0.1, 0.15) is 30.4 Å². The van der Waals surface area contributed by atoms with Crippen molar-refractivity contribution in [3.63, 3.8) is 0 Å². The maximum Gasteiger partial charge on any atom is 0.0453 e. The predicted molar refractivity (Wildman–Crippen MR) is 77.4 cm³/mol. The molecule has 1 aromatic rings. The molecule has 0 aromatic carbocycles. The van der Waals surface area contributed by atoms with Crippen molar-refractivity contribution in [1.82, 2.24) is 4.57 Å². The van der Waals surface area contributed by atoms with Gasteiger partial charge in [0.1, 0.15) is 0 Å². The monoisotopic (exact) mass is 240 g/mol. The molecule has 0 amide bonds. The number of fused-ring (bicyclic) bond motifs is 3. The Hall–Kier alpha value is -1.54. The summed E-state index contributed by atoms with van der Waals surface area (Å²) in [6.07, 6.45) is 18.0. The molecule has 0 spiro atoms. The van der Waals surface area contributed by atoms with Crippen molar-refractivity contribution in [3.05, 3.63) is 40.1 Å². The molecule has 0 fully saturated rings. The van der Waals surface area contributed by atoms with Gasteiger partial charge in [-0.1, -0.05) is 30.4 Å². The first-order chi connectivity index (χ1) is 8.92. The van der Waals surface area contributed by atoms with Crippen molar-refractivity contribution >= 4 is 18.2 Å². The van der Waals surface area contributed by atoms with Gasteiger partial charge in [-0.3, -0.25) is 0 Å². The molecule has 0 atom stereocenters. The van der Waals surface area contributed by atoms with Crippen LogP contribution in [0.25, 0.3) is 18.2 Å². The summed E-state index contributed by atoms with van der Waals surface area (Å²) in [5.74, 6) is 0. The zero-order valence-electron chi connectivity index (χ0n) is 10.7. The summed E-state index contributed by atoms with van der Waals surface area (Å²) in [6, 6.07) is 0. The fraction of sp³-hybridized carbons (Fsp3) is 0.375. The number of hydrogen-bond donors (Lipinski definition) is 1. The average Bonchev–Trinajstić information content (AvgIpc) is 2.74. The van der Waals surface area contributed by atoms with Gasteiger partial charge < -0.3 is 10.3 Å². The van der Waals surface area contributed by atoms with Crippen molar-refractivity contribution in [2.45, 2.75) is 32.2 Å². The average molecular weight is 240 g/mol. The van der Waals surface area contributed by atoms with Gasteiger partial charge in [0, 0.05) is 22.8 Å². The van der Waals surface area contributed by atoms with Crippen LogP contribution < -0.4 is 16.4 Å². The van der Waals surface area contributed by atoms with Gasteiger partial charge in [-0.15, -0.1) is 0 Å². The number of rotatable bonds is 4. The van der Waals surface area contributed by atoms with Crippen molar-refractivity contribution in [3.8, 4) is 0 Å². The van der Waals surface area contributed by atoms with Crippen LogP contribution >= 0.6 is 0 Å². The molecule has 94 valence electrons. The molecule has 1 heterocycles. The zero-order chi connectivity index (χ0) is 12.4. The maximum absolute atomic E-state index is 5.60. The zero-order valence-corrected chi connectivity index (χ0v) is 10.7. The second-order valence-corrected chi connectivity index (χ2v) is 4.95. The van der Waals surface area contributed by atoms with E-state index in [1.807, 2.05) is 0 Å². The molecule has 18 heavy (non-hydrogen) atoms. The molecule has 2 nitrogen and oxygen atoms in total. The van der Waals surface area contributed by atoms with Gasteiger partial charge in [0.25, 0.3) is 0 Å². The van der Waals surface area contributed by atoms with Gasteiger partial charge in [0.2, 0.25) is 0 Å². The summed E-state index contributed by atoms with van der Waals surface area (Å²) in [6.45, 7) is 1.88. The minimum Gasteiger partial charge on any atom is -0.341 e. The molecule has 0 saturated heterocycles. The Bertz CT molecular complexity index is 615. The van der Waals surface area contributed by atoms with Gasteiger partial charge in [-0.05, 0) is 43.9 Å². The smallest absolute Gasteiger partial charge is 0.0453 e. The molecule has 0 unspecified atom stereocenters. The van der Waals surface area contributed by atoms with E-state index in [2.05, 4.69) is 41.0 Å². The van der Waals surface area contributed by atoms with Crippen LogP contribution in [0.15, 0.2) is 18.2 Å². The molecule has 0 bridgehead atoms. The second kappa shape index (κ2) is 4.99. The fourth-order valence-electron chi connectivity index (χ4n) is 2.91. The summed E-state index contributed by atoms with van der Waals surface area (Å²) in [5, 5.41) is 2.82. The molecule has 0 radical (unpaired) electrons. The molecule has 2 heteroatoms. The summed E-state index contributed by atoms with van der Waals surface area (Å²) >= 11 is 0. The van der Waals surface area contributed by atoms with E-state index in [1.165, 1.54) is 28.2 Å². The van der Waals surface area contributed by atoms with Crippen LogP contribution in [-0.4, -0.2) is 11.1 Å². The largest absolute Gasteiger partial charge is 0.341 e. The SMILES string of the molecule is NCCCCn1c2c(c3c1=CC=CC3)C=CCC=2. The molecular formula is C16H20N2. The Balaban J connectivity index is 2.10. The third-order valence-corrected chi connectivity index (χ3v) is 3.77. The second-order valence-electron chi connectivity index (χ2n) is 4.95. The number of unbranched alkanes of at least 4 members (excludes halogenated alkanes) is 1. The van der Waals surface area contributed by atoms with E-state index in [1.54, 1.807) is 0 Å². The van der Waals surface area contributed by atoms with E-state index in [0.29, 0.717) is 0 Å². The molecule has 2 aliphatic carbocycles. The van der Waals surface area contributed by atoms with Crippen molar-refractivity contribution in [1.29, 1.82) is 0 Å². The van der Waals surface area contributed by atoms with E-state index >= 15 is 0 Å². The van der Waals surface area contributed by atoms with E-state index in [9.17, 15) is 0 Å². The minimum atomic E-state index is 0.791. The standard InChI is InChI=1S/C16H20N2/c17-11-5-6-12-18-15-9-3-1-7-13(15)14-8-2-4-10-16(14)18/h1-3,8-10H,4-7,11-12,17H2. The number of nitrogens with two attached hydrogens (primary N) is 1. The molecular weight excluding hydrogens is 220 g/mol. The highest BCUT2D eigenvalue weighted by Crippen LogP contribution is 2.12. The Kier molecular flexibility index (Phi) is 3.20. The number of hydrogen-bond acceptors (Lipinski definition) is 1. The topological polar surface area (TPSA) is 30.9 Å². The normalized spacial score (nSPS) is 15.8. The maximum atomic E-state index is 5.60. The third-order valence-electron chi connectivity index (χ3n) is 3.77. The van der Waals surface area contributed by atoms with Gasteiger partial charge in [0.15, 0.2) is 0 Å². The van der Waals surface area contributed by atoms with Gasteiger partial charge >= 0.3 is 0 Å². The highest BCUT2D eigenvalue weighted by Gasteiger charge is 2.13. The van der Waals surface area contributed by atoms with E-state index in [4.69, 9.17) is 5.73 Å². The lowest BCUT2D eigenvalue weighted by Gasteiger charge is -2.06. The van der Waals surface area contributed by atoms with Crippen LogP contribution in [0, 0.1) is 0 Å². The fourth-order valence-corrected chi connectivity index (χ4v) is 2.91. The Morgan fingerprint density at radius 3 is 3.00 bits per heavy atom. The van der Waals surface area contributed by atoms with Gasteiger partial charge in [0.05, 0.1) is 0 Å². The van der Waals surface area contributed by atoms with Crippen molar-refractivity contribution < 1.29 is 0 Å². The number of allylic oxidation sites excluding steroid dienone is 3. The summed E-state index contributed by atoms with van der Waals surface area (Å²) in [4.78, 5) is 0. The molecule has 0 aliphatic heterocycles. The van der Waals surface area contributed by atoms with Crippen molar-refractivity contribution in [2.75, 3.05) is 6.54 Å². The van der Waals surface area contributed by atoms with E-state index < -0.39 is 0 Å². The Morgan fingerprint density at radius 1 is 1.17 bits per heavy atom. The summed E-state index contributed by atoms with van der Waals surface area (Å²) in [5.41, 5.74) is 8.52. The number of nitrogens with zero attached hydrogens (tertiary/aromatic N) is 1. The van der Waals surface area contributed by atoms with Gasteiger partial charge in [-0.25, -0.2) is 0 Å². The Morgan fingerprint density at radius 2 is 2.11 bits per heavy atom. The highest BCUT2D eigenvalue weighted by atomic mass is 15.0. The van der Waals surface area contributed by atoms with Crippen LogP contribution in [0.5, 0.6) is 0 Å². The quantitative estimate of drug-likeness (QED) is 0.791. The van der Waals surface area contributed by atoms with Crippen molar-refractivity contribution in [2.24, 2.45) is 5.73 Å². The first-order valence-electron chi connectivity index (χ1n) is 6.87.